The maximum Gasteiger partial charge on any atom is 0.220 e. The van der Waals surface area contributed by atoms with Gasteiger partial charge in [0.25, 0.3) is 0 Å². The van der Waals surface area contributed by atoms with Gasteiger partial charge in [-0.3, -0.25) is 4.79 Å². The van der Waals surface area contributed by atoms with Crippen LogP contribution in [0.3, 0.4) is 0 Å². The Bertz CT molecular complexity index is 615. The molecule has 0 spiro atoms. The van der Waals surface area contributed by atoms with Crippen molar-refractivity contribution in [2.75, 3.05) is 6.61 Å². The lowest BCUT2D eigenvalue weighted by molar-refractivity contribution is -0.124. The highest BCUT2D eigenvalue weighted by Gasteiger charge is 2.26. The van der Waals surface area contributed by atoms with Crippen LogP contribution in [0.1, 0.15) is 239 Å². The van der Waals surface area contributed by atoms with E-state index in [-0.39, 0.29) is 12.5 Å². The summed E-state index contributed by atoms with van der Waals surface area (Å²) < 4.78 is 0. The van der Waals surface area contributed by atoms with Gasteiger partial charge in [0.2, 0.25) is 5.91 Å². The van der Waals surface area contributed by atoms with Gasteiger partial charge < -0.3 is 20.6 Å². The fourth-order valence-corrected chi connectivity index (χ4v) is 6.87. The molecule has 3 atom stereocenters. The zero-order valence-electron chi connectivity index (χ0n) is 31.9. The lowest BCUT2D eigenvalue weighted by Gasteiger charge is -2.26. The average molecular weight is 668 g/mol. The summed E-state index contributed by atoms with van der Waals surface area (Å²) >= 11 is 0. The molecule has 0 aromatic heterocycles. The van der Waals surface area contributed by atoms with Crippen LogP contribution in [0.2, 0.25) is 0 Å². The Morgan fingerprint density at radius 2 is 0.723 bits per heavy atom. The van der Waals surface area contributed by atoms with Crippen LogP contribution in [0.4, 0.5) is 0 Å². The van der Waals surface area contributed by atoms with Gasteiger partial charge >= 0.3 is 0 Å². The molecule has 5 nitrogen and oxygen atoms in total. The first-order chi connectivity index (χ1) is 23.1. The normalized spacial score (nSPS) is 13.6. The Hall–Kier alpha value is -0.650. The Kier molecular flexibility index (Phi) is 37.6. The summed E-state index contributed by atoms with van der Waals surface area (Å²) in [5.41, 5.74) is 0. The third-order valence-electron chi connectivity index (χ3n) is 10.2. The van der Waals surface area contributed by atoms with Crippen LogP contribution in [-0.4, -0.2) is 46.1 Å². The maximum atomic E-state index is 12.4. The molecule has 0 fully saturated rings. The third kappa shape index (κ3) is 33.6. The van der Waals surface area contributed by atoms with Gasteiger partial charge in [-0.1, -0.05) is 219 Å². The largest absolute Gasteiger partial charge is 0.394 e. The van der Waals surface area contributed by atoms with Crippen LogP contribution in [0.25, 0.3) is 0 Å². The van der Waals surface area contributed by atoms with Crippen LogP contribution in [-0.2, 0) is 4.79 Å². The number of carbonyl (C=O) groups is 1. The van der Waals surface area contributed by atoms with Crippen molar-refractivity contribution in [1.29, 1.82) is 0 Å². The van der Waals surface area contributed by atoms with Crippen LogP contribution >= 0.6 is 0 Å². The fraction of sp³-hybridized carbons (Fsp3) is 0.976. The number of unbranched alkanes of at least 4 members (excludes halogenated alkanes) is 31. The molecule has 1 amide bonds. The maximum absolute atomic E-state index is 12.4. The highest BCUT2D eigenvalue weighted by Crippen LogP contribution is 2.17. The highest BCUT2D eigenvalue weighted by atomic mass is 16.3. The zero-order chi connectivity index (χ0) is 34.5. The molecule has 0 aromatic carbocycles. The van der Waals surface area contributed by atoms with E-state index in [2.05, 4.69) is 19.2 Å². The molecule has 0 aromatic rings. The van der Waals surface area contributed by atoms with Gasteiger partial charge in [0.1, 0.15) is 6.10 Å². The highest BCUT2D eigenvalue weighted by molar-refractivity contribution is 5.76. The van der Waals surface area contributed by atoms with E-state index in [4.69, 9.17) is 0 Å². The first-order valence-electron chi connectivity index (χ1n) is 21.3. The molecule has 4 N–H and O–H groups in total. The minimum Gasteiger partial charge on any atom is -0.394 e. The van der Waals surface area contributed by atoms with Gasteiger partial charge in [-0.05, 0) is 12.8 Å². The molecule has 282 valence electrons. The van der Waals surface area contributed by atoms with Crippen molar-refractivity contribution >= 4 is 5.91 Å². The van der Waals surface area contributed by atoms with Gasteiger partial charge in [-0.15, -0.1) is 0 Å². The topological polar surface area (TPSA) is 89.8 Å². The van der Waals surface area contributed by atoms with Crippen LogP contribution in [0, 0.1) is 0 Å². The van der Waals surface area contributed by atoms with Crippen molar-refractivity contribution in [3.05, 3.63) is 0 Å². The summed E-state index contributed by atoms with van der Waals surface area (Å²) in [5.74, 6) is -0.142. The number of amides is 1. The Labute approximate surface area is 294 Å². The van der Waals surface area contributed by atoms with Crippen LogP contribution in [0.5, 0.6) is 0 Å². The summed E-state index contributed by atoms with van der Waals surface area (Å²) in [5, 5.41) is 33.5. The van der Waals surface area contributed by atoms with E-state index >= 15 is 0 Å². The molecule has 3 unspecified atom stereocenters. The standard InChI is InChI=1S/C42H85NO4/c1-3-5-7-9-11-13-15-17-18-19-20-21-22-23-25-26-28-30-32-34-36-40(45)42(47)39(38-44)43-41(46)37-35-33-31-29-27-24-16-14-12-10-8-6-4-2/h39-40,42,44-45,47H,3-38H2,1-2H3,(H,43,46). The summed E-state index contributed by atoms with van der Waals surface area (Å²) in [6.45, 7) is 4.19. The first kappa shape index (κ1) is 46.4. The minimum absolute atomic E-state index is 0.142. The van der Waals surface area contributed by atoms with Crippen molar-refractivity contribution in [2.45, 2.75) is 257 Å². The van der Waals surface area contributed by atoms with Gasteiger partial charge in [-0.2, -0.15) is 0 Å². The number of hydrogen-bond donors (Lipinski definition) is 4. The molecular weight excluding hydrogens is 582 g/mol. The second-order valence-corrected chi connectivity index (χ2v) is 14.9. The van der Waals surface area contributed by atoms with Crippen LogP contribution in [0.15, 0.2) is 0 Å². The van der Waals surface area contributed by atoms with E-state index in [1.165, 1.54) is 180 Å². The van der Waals surface area contributed by atoms with Crippen molar-refractivity contribution in [2.24, 2.45) is 0 Å². The van der Waals surface area contributed by atoms with E-state index in [1.54, 1.807) is 0 Å². The molecule has 5 heteroatoms. The monoisotopic (exact) mass is 668 g/mol. The van der Waals surface area contributed by atoms with E-state index < -0.39 is 18.2 Å². The van der Waals surface area contributed by atoms with Crippen molar-refractivity contribution in [3.8, 4) is 0 Å². The summed E-state index contributed by atoms with van der Waals surface area (Å²) in [6, 6.07) is -0.801. The SMILES string of the molecule is CCCCCCCCCCCCCCCCCCCCCCC(O)C(O)C(CO)NC(=O)CCCCCCCCCCCCCCC. The molecule has 0 bridgehead atoms. The number of nitrogens with one attached hydrogen (secondary N) is 1. The Balaban J connectivity index is 3.58. The molecular formula is C42H85NO4. The zero-order valence-corrected chi connectivity index (χ0v) is 31.9. The van der Waals surface area contributed by atoms with E-state index in [9.17, 15) is 20.1 Å². The van der Waals surface area contributed by atoms with Crippen molar-refractivity contribution in [1.82, 2.24) is 5.32 Å². The fourth-order valence-electron chi connectivity index (χ4n) is 6.87. The first-order valence-corrected chi connectivity index (χ1v) is 21.3. The van der Waals surface area contributed by atoms with Crippen LogP contribution < -0.4 is 5.32 Å². The smallest absolute Gasteiger partial charge is 0.220 e. The number of rotatable bonds is 39. The van der Waals surface area contributed by atoms with E-state index in [1.807, 2.05) is 0 Å². The lowest BCUT2D eigenvalue weighted by atomic mass is 9.99. The number of hydrogen-bond acceptors (Lipinski definition) is 4. The molecule has 0 saturated heterocycles. The van der Waals surface area contributed by atoms with E-state index in [0.29, 0.717) is 12.8 Å². The number of carbonyl (C=O) groups excluding carboxylic acids is 1. The predicted octanol–water partition coefficient (Wildman–Crippen LogP) is 11.9. The molecule has 0 heterocycles. The molecule has 0 aliphatic heterocycles. The summed E-state index contributed by atoms with van der Waals surface area (Å²) in [4.78, 5) is 12.4. The number of aliphatic hydroxyl groups is 3. The van der Waals surface area contributed by atoms with Gasteiger partial charge in [-0.25, -0.2) is 0 Å². The Morgan fingerprint density at radius 3 is 1.02 bits per heavy atom. The third-order valence-corrected chi connectivity index (χ3v) is 10.2. The Morgan fingerprint density at radius 1 is 0.447 bits per heavy atom. The second kappa shape index (κ2) is 38.2. The molecule has 0 rings (SSSR count). The van der Waals surface area contributed by atoms with Gasteiger partial charge in [0.15, 0.2) is 0 Å². The predicted molar refractivity (Wildman–Crippen MR) is 204 cm³/mol. The molecule has 0 aliphatic carbocycles. The lowest BCUT2D eigenvalue weighted by Crippen LogP contribution is -2.50. The molecule has 0 radical (unpaired) electrons. The quantitative estimate of drug-likeness (QED) is 0.0491. The summed E-state index contributed by atoms with van der Waals surface area (Å²) in [7, 11) is 0. The molecule has 0 saturated carbocycles. The van der Waals surface area contributed by atoms with Crippen molar-refractivity contribution < 1.29 is 20.1 Å². The average Bonchev–Trinajstić information content (AvgIpc) is 3.07. The second-order valence-electron chi connectivity index (χ2n) is 14.9. The minimum atomic E-state index is -1.13. The molecule has 47 heavy (non-hydrogen) atoms. The van der Waals surface area contributed by atoms with Crippen molar-refractivity contribution in [3.63, 3.8) is 0 Å². The van der Waals surface area contributed by atoms with E-state index in [0.717, 1.165) is 32.1 Å². The summed E-state index contributed by atoms with van der Waals surface area (Å²) in [6.07, 6.45) is 42.0. The van der Waals surface area contributed by atoms with Gasteiger partial charge in [0, 0.05) is 6.42 Å². The van der Waals surface area contributed by atoms with Gasteiger partial charge in [0.05, 0.1) is 18.8 Å². The molecule has 0 aliphatic rings. The number of aliphatic hydroxyl groups excluding tert-OH is 3.